The maximum Gasteiger partial charge on any atom is 0.200 e. The molecule has 2 aromatic rings. The molecule has 78 valence electrons. The van der Waals surface area contributed by atoms with Crippen LogP contribution >= 0.6 is 27.5 Å². The second kappa shape index (κ2) is 4.28. The number of alkyl halides is 1. The van der Waals surface area contributed by atoms with Crippen LogP contribution in [0, 0.1) is 0 Å². The largest absolute Gasteiger partial charge is 0.261 e. The number of hydrogen-bond acceptors (Lipinski definition) is 3. The molecule has 0 saturated carbocycles. The zero-order valence-electron chi connectivity index (χ0n) is 7.91. The molecular formula is C9H8BrClN4. The Labute approximate surface area is 100 Å². The minimum Gasteiger partial charge on any atom is -0.261 e. The van der Waals surface area contributed by atoms with Crippen LogP contribution in [0.15, 0.2) is 22.8 Å². The molecule has 0 saturated heterocycles. The van der Waals surface area contributed by atoms with Crippen LogP contribution in [0.3, 0.4) is 0 Å². The number of nitrogens with one attached hydrogen (secondary N) is 1. The van der Waals surface area contributed by atoms with Crippen LogP contribution in [-0.2, 0) is 0 Å². The smallest absolute Gasteiger partial charge is 0.200 e. The predicted molar refractivity (Wildman–Crippen MR) is 61.6 cm³/mol. The third-order valence-electron chi connectivity index (χ3n) is 1.85. The molecule has 0 bridgehead atoms. The van der Waals surface area contributed by atoms with E-state index >= 15 is 0 Å². The number of aromatic nitrogens is 4. The van der Waals surface area contributed by atoms with E-state index in [0.29, 0.717) is 17.3 Å². The van der Waals surface area contributed by atoms with E-state index < -0.39 is 0 Å². The lowest BCUT2D eigenvalue weighted by Crippen LogP contribution is -1.88. The Hall–Kier alpha value is -0.940. The van der Waals surface area contributed by atoms with Gasteiger partial charge in [0.25, 0.3) is 0 Å². The molecule has 0 aromatic carbocycles. The van der Waals surface area contributed by atoms with E-state index in [9.17, 15) is 0 Å². The SMILES string of the molecule is CC(Cl)c1nc(-c2ncccc2Br)n[nH]1. The topological polar surface area (TPSA) is 54.5 Å². The van der Waals surface area contributed by atoms with Gasteiger partial charge in [0, 0.05) is 10.7 Å². The summed E-state index contributed by atoms with van der Waals surface area (Å²) in [6.07, 6.45) is 1.69. The van der Waals surface area contributed by atoms with E-state index in [1.54, 1.807) is 6.20 Å². The lowest BCUT2D eigenvalue weighted by atomic mass is 10.3. The number of pyridine rings is 1. The first-order valence-electron chi connectivity index (χ1n) is 4.35. The molecule has 4 nitrogen and oxygen atoms in total. The third-order valence-corrected chi connectivity index (χ3v) is 2.70. The molecule has 1 N–H and O–H groups in total. The molecule has 1 unspecified atom stereocenters. The summed E-state index contributed by atoms with van der Waals surface area (Å²) in [5.74, 6) is 1.19. The van der Waals surface area contributed by atoms with Crippen molar-refractivity contribution in [1.82, 2.24) is 20.2 Å². The van der Waals surface area contributed by atoms with E-state index in [1.165, 1.54) is 0 Å². The molecular weight excluding hydrogens is 279 g/mol. The summed E-state index contributed by atoms with van der Waals surface area (Å²) in [5, 5.41) is 6.65. The molecule has 2 heterocycles. The maximum absolute atomic E-state index is 5.88. The summed E-state index contributed by atoms with van der Waals surface area (Å²) in [5.41, 5.74) is 0.706. The predicted octanol–water partition coefficient (Wildman–Crippen LogP) is 2.93. The highest BCUT2D eigenvalue weighted by Gasteiger charge is 2.12. The van der Waals surface area contributed by atoms with Crippen LogP contribution in [0.4, 0.5) is 0 Å². The van der Waals surface area contributed by atoms with Crippen molar-refractivity contribution < 1.29 is 0 Å². The van der Waals surface area contributed by atoms with Crippen molar-refractivity contribution in [3.8, 4) is 11.5 Å². The molecule has 2 rings (SSSR count). The van der Waals surface area contributed by atoms with Crippen molar-refractivity contribution in [3.63, 3.8) is 0 Å². The lowest BCUT2D eigenvalue weighted by molar-refractivity contribution is 0.918. The van der Waals surface area contributed by atoms with Crippen LogP contribution < -0.4 is 0 Å². The minimum atomic E-state index is -0.186. The average molecular weight is 288 g/mol. The Morgan fingerprint density at radius 2 is 2.33 bits per heavy atom. The van der Waals surface area contributed by atoms with Gasteiger partial charge < -0.3 is 0 Å². The number of nitrogens with zero attached hydrogens (tertiary/aromatic N) is 3. The summed E-state index contributed by atoms with van der Waals surface area (Å²) in [4.78, 5) is 8.44. The van der Waals surface area contributed by atoms with E-state index in [1.807, 2.05) is 19.1 Å². The number of rotatable bonds is 2. The van der Waals surface area contributed by atoms with Crippen LogP contribution in [0.5, 0.6) is 0 Å². The third kappa shape index (κ3) is 2.18. The maximum atomic E-state index is 5.88. The quantitative estimate of drug-likeness (QED) is 0.864. The van der Waals surface area contributed by atoms with Crippen LogP contribution in [-0.4, -0.2) is 20.2 Å². The van der Waals surface area contributed by atoms with Crippen molar-refractivity contribution in [2.75, 3.05) is 0 Å². The van der Waals surface area contributed by atoms with Crippen molar-refractivity contribution in [1.29, 1.82) is 0 Å². The summed E-state index contributed by atoms with van der Waals surface area (Å²) >= 11 is 9.27. The highest BCUT2D eigenvalue weighted by atomic mass is 79.9. The number of hydrogen-bond donors (Lipinski definition) is 1. The molecule has 15 heavy (non-hydrogen) atoms. The monoisotopic (exact) mass is 286 g/mol. The van der Waals surface area contributed by atoms with Gasteiger partial charge in [-0.05, 0) is 35.0 Å². The van der Waals surface area contributed by atoms with Gasteiger partial charge in [-0.1, -0.05) is 0 Å². The molecule has 0 aliphatic heterocycles. The first-order valence-corrected chi connectivity index (χ1v) is 5.58. The highest BCUT2D eigenvalue weighted by Crippen LogP contribution is 2.24. The van der Waals surface area contributed by atoms with Gasteiger partial charge in [0.1, 0.15) is 11.5 Å². The Bertz CT molecular complexity index is 469. The molecule has 0 aliphatic carbocycles. The lowest BCUT2D eigenvalue weighted by Gasteiger charge is -1.96. The van der Waals surface area contributed by atoms with E-state index in [0.717, 1.165) is 4.47 Å². The zero-order chi connectivity index (χ0) is 10.8. The molecule has 1 atom stereocenters. The van der Waals surface area contributed by atoms with Gasteiger partial charge in [-0.3, -0.25) is 10.1 Å². The second-order valence-electron chi connectivity index (χ2n) is 2.99. The molecule has 0 amide bonds. The Kier molecular flexibility index (Phi) is 3.02. The summed E-state index contributed by atoms with van der Waals surface area (Å²) < 4.78 is 0.859. The van der Waals surface area contributed by atoms with Crippen molar-refractivity contribution in [2.24, 2.45) is 0 Å². The first kappa shape index (κ1) is 10.6. The van der Waals surface area contributed by atoms with Gasteiger partial charge >= 0.3 is 0 Å². The fourth-order valence-corrected chi connectivity index (χ4v) is 1.64. The van der Waals surface area contributed by atoms with E-state index in [4.69, 9.17) is 11.6 Å². The standard InChI is InChI=1S/C9H8BrClN4/c1-5(11)8-13-9(15-14-8)7-6(10)3-2-4-12-7/h2-5H,1H3,(H,13,14,15). The Morgan fingerprint density at radius 1 is 1.53 bits per heavy atom. The molecule has 0 radical (unpaired) electrons. The Morgan fingerprint density at radius 3 is 2.93 bits per heavy atom. The molecule has 6 heteroatoms. The van der Waals surface area contributed by atoms with Gasteiger partial charge in [0.05, 0.1) is 5.38 Å². The Balaban J connectivity index is 2.42. The van der Waals surface area contributed by atoms with Gasteiger partial charge in [-0.25, -0.2) is 4.98 Å². The van der Waals surface area contributed by atoms with E-state index in [-0.39, 0.29) is 5.38 Å². The fraction of sp³-hybridized carbons (Fsp3) is 0.222. The normalized spacial score (nSPS) is 12.7. The highest BCUT2D eigenvalue weighted by molar-refractivity contribution is 9.10. The number of aromatic amines is 1. The van der Waals surface area contributed by atoms with Gasteiger partial charge in [0.2, 0.25) is 5.82 Å². The minimum absolute atomic E-state index is 0.186. The summed E-state index contributed by atoms with van der Waals surface area (Å²) in [6, 6.07) is 3.73. The summed E-state index contributed by atoms with van der Waals surface area (Å²) in [6.45, 7) is 1.83. The van der Waals surface area contributed by atoms with Crippen LogP contribution in [0.2, 0.25) is 0 Å². The molecule has 2 aromatic heterocycles. The van der Waals surface area contributed by atoms with E-state index in [2.05, 4.69) is 36.1 Å². The van der Waals surface area contributed by atoms with Gasteiger partial charge in [0.15, 0.2) is 0 Å². The first-order chi connectivity index (χ1) is 7.18. The molecule has 0 fully saturated rings. The zero-order valence-corrected chi connectivity index (χ0v) is 10.2. The summed E-state index contributed by atoms with van der Waals surface area (Å²) in [7, 11) is 0. The van der Waals surface area contributed by atoms with Gasteiger partial charge in [-0.15, -0.1) is 11.6 Å². The second-order valence-corrected chi connectivity index (χ2v) is 4.50. The van der Waals surface area contributed by atoms with Crippen LogP contribution in [0.25, 0.3) is 11.5 Å². The van der Waals surface area contributed by atoms with Gasteiger partial charge in [-0.2, -0.15) is 5.10 Å². The number of H-pyrrole nitrogens is 1. The fourth-order valence-electron chi connectivity index (χ4n) is 1.11. The molecule has 0 aliphatic rings. The average Bonchev–Trinajstić information content (AvgIpc) is 2.67. The van der Waals surface area contributed by atoms with Crippen molar-refractivity contribution in [2.45, 2.75) is 12.3 Å². The van der Waals surface area contributed by atoms with Crippen LogP contribution in [0.1, 0.15) is 18.1 Å². The van der Waals surface area contributed by atoms with Crippen molar-refractivity contribution >= 4 is 27.5 Å². The van der Waals surface area contributed by atoms with Crippen molar-refractivity contribution in [3.05, 3.63) is 28.6 Å². The number of halogens is 2. The molecule has 0 spiro atoms.